The third-order valence-corrected chi connectivity index (χ3v) is 2.06. The predicted octanol–water partition coefficient (Wildman–Crippen LogP) is -0.341. The summed E-state index contributed by atoms with van der Waals surface area (Å²) in [4.78, 5) is 6.52. The molecular formula is C7H15NO7. The fourth-order valence-electron chi connectivity index (χ4n) is 1.47. The Morgan fingerprint density at radius 2 is 1.87 bits per heavy atom. The Labute approximate surface area is 86.5 Å². The molecule has 0 saturated carbocycles. The molecule has 0 aliphatic carbocycles. The van der Waals surface area contributed by atoms with Gasteiger partial charge in [0.05, 0.1) is 6.10 Å². The molecule has 8 nitrogen and oxygen atoms in total. The Balaban J connectivity index is 1.91. The lowest BCUT2D eigenvalue weighted by Crippen LogP contribution is -2.32. The average Bonchev–Trinajstić information content (AvgIpc) is 2.70. The van der Waals surface area contributed by atoms with Crippen LogP contribution in [0.1, 0.15) is 12.8 Å². The number of β-amino-alcohol motifs (C(OH)–C–C–N with tert-alkyl or cyclic N) is 1. The zero-order valence-corrected chi connectivity index (χ0v) is 8.20. The van der Waals surface area contributed by atoms with Crippen LogP contribution in [0.25, 0.3) is 0 Å². The van der Waals surface area contributed by atoms with Crippen molar-refractivity contribution in [1.82, 2.24) is 4.90 Å². The first-order valence-electron chi connectivity index (χ1n) is 4.66. The number of hydrogen-bond acceptors (Lipinski definition) is 8. The summed E-state index contributed by atoms with van der Waals surface area (Å²) >= 11 is 0. The van der Waals surface area contributed by atoms with E-state index >= 15 is 0 Å². The van der Waals surface area contributed by atoms with E-state index < -0.39 is 6.10 Å². The molecule has 1 atom stereocenters. The number of aliphatic hydroxyl groups is 1. The van der Waals surface area contributed by atoms with Gasteiger partial charge in [0.2, 0.25) is 0 Å². The quantitative estimate of drug-likeness (QED) is 0.329. The van der Waals surface area contributed by atoms with Crippen molar-refractivity contribution in [3.8, 4) is 0 Å². The predicted molar refractivity (Wildman–Crippen MR) is 44.6 cm³/mol. The van der Waals surface area contributed by atoms with Gasteiger partial charge in [0.1, 0.15) is 6.61 Å². The van der Waals surface area contributed by atoms with E-state index in [1.165, 1.54) is 0 Å². The molecule has 1 heterocycles. The van der Waals surface area contributed by atoms with Gasteiger partial charge < -0.3 is 10.0 Å². The molecule has 0 aromatic carbocycles. The summed E-state index contributed by atoms with van der Waals surface area (Å²) in [6.07, 6.45) is 1.66. The zero-order chi connectivity index (χ0) is 10.9. The molecule has 90 valence electrons. The Hall–Kier alpha value is -0.320. The first-order valence-corrected chi connectivity index (χ1v) is 4.66. The Bertz CT molecular complexity index is 152. The molecule has 1 fully saturated rings. The van der Waals surface area contributed by atoms with Crippen molar-refractivity contribution in [1.29, 1.82) is 0 Å². The molecule has 1 rings (SSSR count). The van der Waals surface area contributed by atoms with Gasteiger partial charge in [0, 0.05) is 6.54 Å². The molecule has 1 saturated heterocycles. The summed E-state index contributed by atoms with van der Waals surface area (Å²) in [6, 6.07) is 0. The van der Waals surface area contributed by atoms with Crippen molar-refractivity contribution < 1.29 is 35.4 Å². The molecule has 2 N–H and O–H groups in total. The van der Waals surface area contributed by atoms with Crippen LogP contribution in [0.3, 0.4) is 0 Å². The summed E-state index contributed by atoms with van der Waals surface area (Å²) in [5.74, 6) is 0. The van der Waals surface area contributed by atoms with Crippen LogP contribution in [0, 0.1) is 0 Å². The van der Waals surface area contributed by atoms with Crippen molar-refractivity contribution in [3.63, 3.8) is 0 Å². The van der Waals surface area contributed by atoms with Crippen LogP contribution >= 0.6 is 0 Å². The van der Waals surface area contributed by atoms with Crippen LogP contribution in [0.5, 0.6) is 0 Å². The Kier molecular flexibility index (Phi) is 6.72. The number of rotatable bonds is 8. The van der Waals surface area contributed by atoms with Gasteiger partial charge >= 0.3 is 0 Å². The lowest BCUT2D eigenvalue weighted by atomic mass is 10.3. The minimum atomic E-state index is -0.665. The van der Waals surface area contributed by atoms with Crippen LogP contribution in [0.2, 0.25) is 0 Å². The summed E-state index contributed by atoms with van der Waals surface area (Å²) in [6.45, 7) is 2.46. The summed E-state index contributed by atoms with van der Waals surface area (Å²) in [5.41, 5.74) is 0. The van der Waals surface area contributed by atoms with E-state index in [0.29, 0.717) is 6.54 Å². The maximum absolute atomic E-state index is 9.44. The van der Waals surface area contributed by atoms with Gasteiger partial charge in [-0.15, -0.1) is 0 Å². The second-order valence-electron chi connectivity index (χ2n) is 3.22. The van der Waals surface area contributed by atoms with Crippen molar-refractivity contribution in [3.05, 3.63) is 0 Å². The van der Waals surface area contributed by atoms with E-state index in [-0.39, 0.29) is 6.61 Å². The third-order valence-electron chi connectivity index (χ3n) is 2.06. The minimum Gasteiger partial charge on any atom is -0.389 e. The van der Waals surface area contributed by atoms with E-state index in [1.807, 2.05) is 0 Å². The number of nitrogens with zero attached hydrogens (tertiary/aromatic N) is 1. The molecule has 0 aromatic heterocycles. The van der Waals surface area contributed by atoms with E-state index in [4.69, 9.17) is 5.26 Å². The summed E-state index contributed by atoms with van der Waals surface area (Å²) in [5, 5.41) is 31.2. The van der Waals surface area contributed by atoms with Crippen molar-refractivity contribution >= 4 is 0 Å². The highest BCUT2D eigenvalue weighted by molar-refractivity contribution is 4.69. The highest BCUT2D eigenvalue weighted by atomic mass is 17.8. The first kappa shape index (κ1) is 12.7. The molecule has 0 aromatic rings. The molecule has 0 bridgehead atoms. The van der Waals surface area contributed by atoms with Crippen LogP contribution in [-0.4, -0.2) is 47.6 Å². The molecule has 0 amide bonds. The highest BCUT2D eigenvalue weighted by Crippen LogP contribution is 2.07. The molecule has 8 heteroatoms. The molecule has 15 heavy (non-hydrogen) atoms. The Morgan fingerprint density at radius 3 is 2.53 bits per heavy atom. The van der Waals surface area contributed by atoms with E-state index in [1.54, 1.807) is 0 Å². The SMILES string of the molecule is OOOOOOCC(O)CN1CCCC1. The molecular weight excluding hydrogens is 210 g/mol. The van der Waals surface area contributed by atoms with Crippen LogP contribution in [0.15, 0.2) is 0 Å². The van der Waals surface area contributed by atoms with E-state index in [2.05, 4.69) is 29.9 Å². The van der Waals surface area contributed by atoms with Crippen molar-refractivity contribution in [2.45, 2.75) is 18.9 Å². The first-order chi connectivity index (χ1) is 7.33. The molecule has 0 radical (unpaired) electrons. The van der Waals surface area contributed by atoms with Gasteiger partial charge in [0.15, 0.2) is 0 Å². The smallest absolute Gasteiger partial charge is 0.113 e. The van der Waals surface area contributed by atoms with Crippen molar-refractivity contribution in [2.75, 3.05) is 26.2 Å². The average molecular weight is 225 g/mol. The number of hydrogen-bond donors (Lipinski definition) is 2. The topological polar surface area (TPSA) is 89.9 Å². The second-order valence-corrected chi connectivity index (χ2v) is 3.22. The molecule has 1 aliphatic rings. The molecule has 1 aliphatic heterocycles. The molecule has 1 unspecified atom stereocenters. The van der Waals surface area contributed by atoms with Gasteiger partial charge in [-0.25, -0.2) is 10.1 Å². The minimum absolute atomic E-state index is 0.0642. The highest BCUT2D eigenvalue weighted by Gasteiger charge is 2.16. The normalized spacial score (nSPS) is 19.6. The van der Waals surface area contributed by atoms with Crippen LogP contribution < -0.4 is 0 Å². The van der Waals surface area contributed by atoms with Crippen LogP contribution in [-0.2, 0) is 25.0 Å². The molecule has 0 spiro atoms. The van der Waals surface area contributed by atoms with Crippen LogP contribution in [0.4, 0.5) is 0 Å². The summed E-state index contributed by atoms with van der Waals surface area (Å²) < 4.78 is 0. The summed E-state index contributed by atoms with van der Waals surface area (Å²) in [7, 11) is 0. The van der Waals surface area contributed by atoms with Gasteiger partial charge in [-0.3, -0.25) is 0 Å². The van der Waals surface area contributed by atoms with Gasteiger partial charge in [-0.2, -0.15) is 0 Å². The number of likely N-dealkylation sites (tertiary alicyclic amines) is 1. The Morgan fingerprint density at radius 1 is 1.13 bits per heavy atom. The lowest BCUT2D eigenvalue weighted by molar-refractivity contribution is -0.753. The van der Waals surface area contributed by atoms with Gasteiger partial charge in [-0.05, 0) is 46.1 Å². The zero-order valence-electron chi connectivity index (χ0n) is 8.20. The third kappa shape index (κ3) is 5.97. The van der Waals surface area contributed by atoms with Gasteiger partial charge in [-0.1, -0.05) is 0 Å². The van der Waals surface area contributed by atoms with E-state index in [0.717, 1.165) is 25.9 Å². The fourth-order valence-corrected chi connectivity index (χ4v) is 1.47. The lowest BCUT2D eigenvalue weighted by Gasteiger charge is -2.18. The maximum Gasteiger partial charge on any atom is 0.113 e. The monoisotopic (exact) mass is 225 g/mol. The van der Waals surface area contributed by atoms with E-state index in [9.17, 15) is 5.11 Å². The van der Waals surface area contributed by atoms with Gasteiger partial charge in [0.25, 0.3) is 0 Å². The fraction of sp³-hybridized carbons (Fsp3) is 1.00. The largest absolute Gasteiger partial charge is 0.389 e. The van der Waals surface area contributed by atoms with Crippen molar-refractivity contribution in [2.24, 2.45) is 0 Å². The standard InChI is InChI=1S/C7H15NO7/c9-7(5-8-3-1-2-4-8)6-11-13-15-14-12-10/h7,9-10H,1-6H2. The maximum atomic E-state index is 9.44. The number of aliphatic hydroxyl groups excluding tert-OH is 1. The second kappa shape index (κ2) is 7.91.